The third-order valence-electron chi connectivity index (χ3n) is 11.6. The van der Waals surface area contributed by atoms with E-state index in [-0.39, 0.29) is 100 Å². The van der Waals surface area contributed by atoms with Gasteiger partial charge < -0.3 is 29.3 Å². The maximum atomic E-state index is 15.2. The molecule has 4 aromatic carbocycles. The number of aromatic amines is 1. The quantitative estimate of drug-likeness (QED) is 0.0761. The number of rotatable bonds is 17. The van der Waals surface area contributed by atoms with Gasteiger partial charge in [0.15, 0.2) is 5.69 Å². The zero-order valence-corrected chi connectivity index (χ0v) is 40.7. The van der Waals surface area contributed by atoms with Crippen LogP contribution in [-0.2, 0) is 38.0 Å². The lowest BCUT2D eigenvalue weighted by atomic mass is 10.0. The third kappa shape index (κ3) is 14.3. The summed E-state index contributed by atoms with van der Waals surface area (Å²) < 4.78 is 60.2. The Morgan fingerprint density at radius 2 is 1.51 bits per heavy atom. The molecule has 0 spiro atoms. The molecule has 0 atom stereocenters. The second kappa shape index (κ2) is 23.4. The summed E-state index contributed by atoms with van der Waals surface area (Å²) >= 11 is 0. The molecule has 1 aliphatic rings. The van der Waals surface area contributed by atoms with Gasteiger partial charge in [-0.3, -0.25) is 29.4 Å². The largest absolute Gasteiger partial charge is 0.445 e. The van der Waals surface area contributed by atoms with Crippen molar-refractivity contribution in [2.45, 2.75) is 52.2 Å². The summed E-state index contributed by atoms with van der Waals surface area (Å²) in [7, 11) is 0. The molecule has 7 rings (SSSR count). The molecule has 6 aromatic rings. The number of ether oxygens (including phenoxy) is 3. The van der Waals surface area contributed by atoms with Crippen molar-refractivity contribution >= 4 is 46.4 Å². The Kier molecular flexibility index (Phi) is 16.9. The SMILES string of the molecule is CC(C)(C)OC(=O)Nc1cc(-c2cccc(C(C)(F)F)c2)cnc1C(=O)NCCOCCN(CC(=O)N1CCN(C(=O)c2cc(Cc3n[nH]c(=O)c4ccccc34)ccc2F)CC1)C(=O)OCc1ccccc1. The number of pyridine rings is 1. The number of benzene rings is 4. The number of carbonyl (C=O) groups excluding carboxylic acids is 5. The van der Waals surface area contributed by atoms with E-state index < -0.39 is 47.2 Å². The summed E-state index contributed by atoms with van der Waals surface area (Å²) in [5.41, 5.74) is 0.801. The van der Waals surface area contributed by atoms with Crippen molar-refractivity contribution in [3.05, 3.63) is 159 Å². The van der Waals surface area contributed by atoms with Crippen LogP contribution >= 0.6 is 0 Å². The van der Waals surface area contributed by atoms with E-state index in [1.807, 2.05) is 6.07 Å². The molecule has 0 unspecified atom stereocenters. The van der Waals surface area contributed by atoms with E-state index in [2.05, 4.69) is 25.8 Å². The van der Waals surface area contributed by atoms with Crippen LogP contribution in [0.2, 0.25) is 0 Å². The van der Waals surface area contributed by atoms with E-state index in [0.717, 1.165) is 12.5 Å². The molecule has 0 bridgehead atoms. The van der Waals surface area contributed by atoms with Crippen LogP contribution in [0.25, 0.3) is 21.9 Å². The van der Waals surface area contributed by atoms with Crippen LogP contribution in [0.1, 0.15) is 70.9 Å². The van der Waals surface area contributed by atoms with E-state index in [9.17, 15) is 37.5 Å². The van der Waals surface area contributed by atoms with Crippen molar-refractivity contribution < 1.29 is 51.4 Å². The van der Waals surface area contributed by atoms with Crippen molar-refractivity contribution in [3.8, 4) is 11.1 Å². The van der Waals surface area contributed by atoms with Crippen LogP contribution in [0, 0.1) is 5.82 Å². The monoisotopic (exact) mass is 1000 g/mol. The average Bonchev–Trinajstić information content (AvgIpc) is 3.37. The normalized spacial score (nSPS) is 12.8. The first-order valence-corrected chi connectivity index (χ1v) is 23.4. The average molecular weight is 1010 g/mol. The minimum Gasteiger partial charge on any atom is -0.445 e. The van der Waals surface area contributed by atoms with E-state index in [1.54, 1.807) is 81.4 Å². The molecule has 0 aliphatic carbocycles. The number of hydrogen-bond donors (Lipinski definition) is 3. The zero-order chi connectivity index (χ0) is 52.3. The molecule has 0 radical (unpaired) electrons. The first kappa shape index (κ1) is 52.7. The maximum Gasteiger partial charge on any atom is 0.412 e. The van der Waals surface area contributed by atoms with Crippen LogP contribution in [-0.4, -0.2) is 124 Å². The number of halogens is 3. The highest BCUT2D eigenvalue weighted by Gasteiger charge is 2.30. The molecule has 1 saturated heterocycles. The van der Waals surface area contributed by atoms with Gasteiger partial charge in [0.05, 0.1) is 35.5 Å². The lowest BCUT2D eigenvalue weighted by molar-refractivity contribution is -0.133. The second-order valence-corrected chi connectivity index (χ2v) is 18.3. The number of hydrogen-bond acceptors (Lipinski definition) is 11. The lowest BCUT2D eigenvalue weighted by Crippen LogP contribution is -2.53. The van der Waals surface area contributed by atoms with E-state index in [0.29, 0.717) is 33.2 Å². The minimum atomic E-state index is -3.11. The number of amides is 5. The third-order valence-corrected chi connectivity index (χ3v) is 11.6. The Morgan fingerprint density at radius 3 is 2.23 bits per heavy atom. The van der Waals surface area contributed by atoms with Crippen molar-refractivity contribution in [2.24, 2.45) is 0 Å². The summed E-state index contributed by atoms with van der Waals surface area (Å²) in [5, 5.41) is 13.0. The zero-order valence-electron chi connectivity index (χ0n) is 40.7. The van der Waals surface area contributed by atoms with E-state index in [4.69, 9.17) is 14.2 Å². The van der Waals surface area contributed by atoms with Crippen molar-refractivity contribution in [2.75, 3.05) is 64.3 Å². The molecule has 73 heavy (non-hydrogen) atoms. The van der Waals surface area contributed by atoms with E-state index in [1.165, 1.54) is 57.3 Å². The first-order valence-electron chi connectivity index (χ1n) is 23.4. The molecular weight excluding hydrogens is 950 g/mol. The summed E-state index contributed by atoms with van der Waals surface area (Å²) in [6.45, 7) is 5.50. The predicted octanol–water partition coefficient (Wildman–Crippen LogP) is 7.54. The molecule has 3 N–H and O–H groups in total. The fourth-order valence-corrected chi connectivity index (χ4v) is 7.87. The van der Waals surface area contributed by atoms with Crippen molar-refractivity contribution in [1.82, 2.24) is 35.2 Å². The molecule has 3 heterocycles. The fraction of sp³-hybridized carbons (Fsp3) is 0.321. The molecule has 1 fully saturated rings. The number of aromatic nitrogens is 3. The Balaban J connectivity index is 0.939. The maximum absolute atomic E-state index is 15.2. The topological polar surface area (TPSA) is 205 Å². The van der Waals surface area contributed by atoms with Crippen LogP contribution in [0.4, 0.5) is 28.4 Å². The van der Waals surface area contributed by atoms with Crippen molar-refractivity contribution in [3.63, 3.8) is 0 Å². The number of nitrogens with one attached hydrogen (secondary N) is 3. The smallest absolute Gasteiger partial charge is 0.412 e. The van der Waals surface area contributed by atoms with Crippen LogP contribution < -0.4 is 16.2 Å². The van der Waals surface area contributed by atoms with Crippen LogP contribution in [0.5, 0.6) is 0 Å². The molecule has 5 amide bonds. The van der Waals surface area contributed by atoms with Gasteiger partial charge in [0, 0.05) is 75.3 Å². The Labute approximate surface area is 418 Å². The van der Waals surface area contributed by atoms with Gasteiger partial charge in [-0.1, -0.05) is 72.8 Å². The number of piperazine rings is 1. The molecule has 2 aromatic heterocycles. The van der Waals surface area contributed by atoms with Crippen LogP contribution in [0.15, 0.2) is 114 Å². The number of carbonyl (C=O) groups is 5. The van der Waals surface area contributed by atoms with Gasteiger partial charge in [-0.2, -0.15) is 5.10 Å². The number of nitrogens with zero attached hydrogens (tertiary/aromatic N) is 5. The molecule has 20 heteroatoms. The standard InChI is InChI=1S/C53H55F3N8O9/c1-52(2,3)73-50(69)59-44-30-37(36-13-10-14-38(29-36)53(4,55)56)31-58-46(44)48(67)57-19-25-71-26-24-64(51(70)72-33-34-11-6-5-7-12-34)32-45(65)62-20-22-63(23-21-62)49(68)41-27-35(17-18-42(41)54)28-43-39-15-8-9-16-40(39)47(66)61-60-43/h5-18,27,29-31H,19-26,28,32-33H2,1-4H3,(H,57,67)(H,59,69)(H,61,66). The number of alkyl halides is 2. The summed E-state index contributed by atoms with van der Waals surface area (Å²) in [4.78, 5) is 87.8. The van der Waals surface area contributed by atoms with Gasteiger partial charge in [0.2, 0.25) is 5.91 Å². The Bertz CT molecular complexity index is 3030. The Hall–Kier alpha value is -8.13. The molecule has 382 valence electrons. The molecular formula is C53H55F3N8O9. The fourth-order valence-electron chi connectivity index (χ4n) is 7.87. The summed E-state index contributed by atoms with van der Waals surface area (Å²) in [5.74, 6) is -5.49. The van der Waals surface area contributed by atoms with Gasteiger partial charge in [-0.05, 0) is 67.8 Å². The second-order valence-electron chi connectivity index (χ2n) is 18.3. The van der Waals surface area contributed by atoms with Crippen molar-refractivity contribution in [1.29, 1.82) is 0 Å². The van der Waals surface area contributed by atoms with Gasteiger partial charge in [0.1, 0.15) is 24.6 Å². The highest BCUT2D eigenvalue weighted by molar-refractivity contribution is 6.02. The van der Waals surface area contributed by atoms with Gasteiger partial charge in [0.25, 0.3) is 23.3 Å². The van der Waals surface area contributed by atoms with Crippen LogP contribution in [0.3, 0.4) is 0 Å². The predicted molar refractivity (Wildman–Crippen MR) is 265 cm³/mol. The lowest BCUT2D eigenvalue weighted by Gasteiger charge is -2.36. The molecule has 17 nitrogen and oxygen atoms in total. The highest BCUT2D eigenvalue weighted by Crippen LogP contribution is 2.32. The summed E-state index contributed by atoms with van der Waals surface area (Å²) in [6.07, 6.45) is -0.101. The first-order chi connectivity index (χ1) is 34.8. The number of fused-ring (bicyclic) bond motifs is 1. The van der Waals surface area contributed by atoms with Gasteiger partial charge >= 0.3 is 12.2 Å². The number of H-pyrrole nitrogens is 1. The Morgan fingerprint density at radius 1 is 0.795 bits per heavy atom. The van der Waals surface area contributed by atoms with E-state index >= 15 is 4.39 Å². The van der Waals surface area contributed by atoms with Gasteiger partial charge in [-0.25, -0.2) is 32.8 Å². The van der Waals surface area contributed by atoms with Gasteiger partial charge in [-0.15, -0.1) is 0 Å². The minimum absolute atomic E-state index is 0.0348. The highest BCUT2D eigenvalue weighted by atomic mass is 19.3. The summed E-state index contributed by atoms with van der Waals surface area (Å²) in [6, 6.07) is 27.3. The molecule has 0 saturated carbocycles. The molecule has 1 aliphatic heterocycles. The number of anilines is 1.